The highest BCUT2D eigenvalue weighted by Crippen LogP contribution is 2.37. The summed E-state index contributed by atoms with van der Waals surface area (Å²) >= 11 is 12.8. The number of hydrogen-bond acceptors (Lipinski definition) is 2. The predicted octanol–water partition coefficient (Wildman–Crippen LogP) is 3.92. The zero-order valence-corrected chi connectivity index (χ0v) is 11.8. The molecule has 0 bridgehead atoms. The monoisotopic (exact) mass is 353 g/mol. The van der Waals surface area contributed by atoms with Gasteiger partial charge in [-0.15, -0.1) is 11.6 Å². The summed E-state index contributed by atoms with van der Waals surface area (Å²) in [5.74, 6) is 0.992. The molecule has 2 nitrogen and oxygen atoms in total. The average molecular weight is 355 g/mol. The summed E-state index contributed by atoms with van der Waals surface area (Å²) < 4.78 is 7.60. The molecule has 0 aromatic carbocycles. The molecule has 1 aliphatic rings. The number of rotatable bonds is 2. The van der Waals surface area contributed by atoms with E-state index in [1.807, 2.05) is 6.07 Å². The fourth-order valence-corrected chi connectivity index (χ4v) is 3.26. The molecular formula is C10H10Br2ClNO. The Labute approximate surface area is 111 Å². The number of hydrogen-bond donors (Lipinski definition) is 0. The molecule has 0 saturated carbocycles. The van der Waals surface area contributed by atoms with E-state index in [-0.39, 0.29) is 6.10 Å². The van der Waals surface area contributed by atoms with Crippen LogP contribution in [-0.2, 0) is 4.74 Å². The second-order valence-electron chi connectivity index (χ2n) is 3.52. The molecule has 5 heteroatoms. The first-order chi connectivity index (χ1) is 7.22. The molecular weight excluding hydrogens is 345 g/mol. The summed E-state index contributed by atoms with van der Waals surface area (Å²) in [5.41, 5.74) is 0.946. The van der Waals surface area contributed by atoms with Crippen molar-refractivity contribution >= 4 is 43.5 Å². The van der Waals surface area contributed by atoms with Gasteiger partial charge in [0.05, 0.1) is 5.69 Å². The normalized spacial score (nSPS) is 25.8. The lowest BCUT2D eigenvalue weighted by Gasteiger charge is -2.16. The lowest BCUT2D eigenvalue weighted by atomic mass is 10.0. The van der Waals surface area contributed by atoms with Gasteiger partial charge in [-0.25, -0.2) is 0 Å². The van der Waals surface area contributed by atoms with Gasteiger partial charge in [-0.2, -0.15) is 0 Å². The van der Waals surface area contributed by atoms with Crippen molar-refractivity contribution in [2.75, 3.05) is 12.5 Å². The number of nitrogens with zero attached hydrogens (tertiary/aromatic N) is 1. The summed E-state index contributed by atoms with van der Waals surface area (Å²) in [6, 6.07) is 1.98. The van der Waals surface area contributed by atoms with Crippen LogP contribution in [0.15, 0.2) is 21.2 Å². The van der Waals surface area contributed by atoms with Crippen LogP contribution in [0.25, 0.3) is 0 Å². The molecule has 82 valence electrons. The van der Waals surface area contributed by atoms with Gasteiger partial charge in [-0.3, -0.25) is 4.98 Å². The van der Waals surface area contributed by atoms with Gasteiger partial charge >= 0.3 is 0 Å². The maximum Gasteiger partial charge on any atom is 0.105 e. The van der Waals surface area contributed by atoms with Crippen LogP contribution in [0, 0.1) is 5.92 Å². The molecule has 1 fully saturated rings. The molecule has 1 saturated heterocycles. The summed E-state index contributed by atoms with van der Waals surface area (Å²) in [6.07, 6.45) is 2.83. The van der Waals surface area contributed by atoms with Crippen molar-refractivity contribution in [3.05, 3.63) is 26.9 Å². The van der Waals surface area contributed by atoms with Crippen molar-refractivity contribution in [1.29, 1.82) is 0 Å². The van der Waals surface area contributed by atoms with Gasteiger partial charge in [0.2, 0.25) is 0 Å². The number of ether oxygens (including phenoxy) is 1. The van der Waals surface area contributed by atoms with Crippen LogP contribution < -0.4 is 0 Å². The highest BCUT2D eigenvalue weighted by molar-refractivity contribution is 9.11. The van der Waals surface area contributed by atoms with Crippen LogP contribution in [-0.4, -0.2) is 17.5 Å². The summed E-state index contributed by atoms with van der Waals surface area (Å²) in [7, 11) is 0. The van der Waals surface area contributed by atoms with Crippen LogP contribution >= 0.6 is 43.5 Å². The quantitative estimate of drug-likeness (QED) is 0.750. The van der Waals surface area contributed by atoms with Gasteiger partial charge in [0, 0.05) is 33.5 Å². The van der Waals surface area contributed by atoms with E-state index in [0.717, 1.165) is 27.7 Å². The molecule has 1 aromatic heterocycles. The zero-order valence-electron chi connectivity index (χ0n) is 7.92. The van der Waals surface area contributed by atoms with Crippen molar-refractivity contribution < 1.29 is 4.74 Å². The number of alkyl halides is 1. The van der Waals surface area contributed by atoms with Gasteiger partial charge in [0.1, 0.15) is 6.10 Å². The van der Waals surface area contributed by atoms with E-state index < -0.39 is 0 Å². The Morgan fingerprint density at radius 1 is 1.53 bits per heavy atom. The maximum absolute atomic E-state index is 5.90. The fraction of sp³-hybridized carbons (Fsp3) is 0.500. The molecule has 0 radical (unpaired) electrons. The van der Waals surface area contributed by atoms with Crippen LogP contribution in [0.3, 0.4) is 0 Å². The highest BCUT2D eigenvalue weighted by atomic mass is 79.9. The Bertz CT molecular complexity index is 361. The van der Waals surface area contributed by atoms with Crippen molar-refractivity contribution in [1.82, 2.24) is 4.98 Å². The van der Waals surface area contributed by atoms with E-state index in [2.05, 4.69) is 36.8 Å². The van der Waals surface area contributed by atoms with Gasteiger partial charge < -0.3 is 4.74 Å². The first-order valence-corrected chi connectivity index (χ1v) is 6.83. The second kappa shape index (κ2) is 5.13. The van der Waals surface area contributed by atoms with Crippen molar-refractivity contribution in [2.45, 2.75) is 12.5 Å². The van der Waals surface area contributed by atoms with Crippen LogP contribution in [0.5, 0.6) is 0 Å². The van der Waals surface area contributed by atoms with Gasteiger partial charge in [0.15, 0.2) is 0 Å². The van der Waals surface area contributed by atoms with E-state index in [9.17, 15) is 0 Å². The Morgan fingerprint density at radius 3 is 3.00 bits per heavy atom. The van der Waals surface area contributed by atoms with E-state index in [0.29, 0.717) is 11.8 Å². The summed E-state index contributed by atoms with van der Waals surface area (Å²) in [6.45, 7) is 0.770. The Morgan fingerprint density at radius 2 is 2.33 bits per heavy atom. The third kappa shape index (κ3) is 2.54. The van der Waals surface area contributed by atoms with Gasteiger partial charge in [0.25, 0.3) is 0 Å². The molecule has 2 rings (SSSR count). The number of halogens is 3. The minimum absolute atomic E-state index is 0.0324. The maximum atomic E-state index is 5.90. The SMILES string of the molecule is ClCC1CCOC1c1ncc(Br)cc1Br. The van der Waals surface area contributed by atoms with Crippen LogP contribution in [0.1, 0.15) is 18.2 Å². The van der Waals surface area contributed by atoms with Crippen molar-refractivity contribution in [3.63, 3.8) is 0 Å². The molecule has 0 N–H and O–H groups in total. The number of aromatic nitrogens is 1. The lowest BCUT2D eigenvalue weighted by molar-refractivity contribution is 0.0911. The topological polar surface area (TPSA) is 22.1 Å². The minimum atomic E-state index is 0.0324. The fourth-order valence-electron chi connectivity index (χ4n) is 1.73. The van der Waals surface area contributed by atoms with Gasteiger partial charge in [-0.05, 0) is 44.3 Å². The standard InChI is InChI=1S/C10H10Br2ClNO/c11-7-3-8(12)9(14-5-7)10-6(4-13)1-2-15-10/h3,5-6,10H,1-2,4H2. The van der Waals surface area contributed by atoms with Crippen LogP contribution in [0.2, 0.25) is 0 Å². The minimum Gasteiger partial charge on any atom is -0.372 e. The van der Waals surface area contributed by atoms with Crippen molar-refractivity contribution in [3.8, 4) is 0 Å². The first-order valence-electron chi connectivity index (χ1n) is 4.71. The Hall–Kier alpha value is 0.360. The van der Waals surface area contributed by atoms with E-state index in [4.69, 9.17) is 16.3 Å². The first kappa shape index (κ1) is 11.8. The second-order valence-corrected chi connectivity index (χ2v) is 5.59. The molecule has 0 amide bonds. The van der Waals surface area contributed by atoms with Gasteiger partial charge in [-0.1, -0.05) is 0 Å². The molecule has 2 heterocycles. The Kier molecular flexibility index (Phi) is 4.04. The summed E-state index contributed by atoms with van der Waals surface area (Å²) in [5, 5.41) is 0. The van der Waals surface area contributed by atoms with E-state index in [1.165, 1.54) is 0 Å². The zero-order chi connectivity index (χ0) is 10.8. The molecule has 1 aromatic rings. The molecule has 1 aliphatic heterocycles. The Balaban J connectivity index is 2.28. The molecule has 2 atom stereocenters. The average Bonchev–Trinajstić information content (AvgIpc) is 2.65. The predicted molar refractivity (Wildman–Crippen MR) is 67.2 cm³/mol. The largest absolute Gasteiger partial charge is 0.372 e. The highest BCUT2D eigenvalue weighted by Gasteiger charge is 2.31. The third-order valence-corrected chi connectivity index (χ3v) is 3.98. The van der Waals surface area contributed by atoms with E-state index >= 15 is 0 Å². The number of pyridine rings is 1. The smallest absolute Gasteiger partial charge is 0.105 e. The van der Waals surface area contributed by atoms with Crippen molar-refractivity contribution in [2.24, 2.45) is 5.92 Å². The third-order valence-electron chi connectivity index (χ3n) is 2.52. The molecule has 2 unspecified atom stereocenters. The molecule has 15 heavy (non-hydrogen) atoms. The lowest BCUT2D eigenvalue weighted by Crippen LogP contribution is -2.11. The molecule has 0 aliphatic carbocycles. The summed E-state index contributed by atoms with van der Waals surface area (Å²) in [4.78, 5) is 4.38. The molecule has 0 spiro atoms. The van der Waals surface area contributed by atoms with E-state index in [1.54, 1.807) is 6.20 Å². The van der Waals surface area contributed by atoms with Crippen LogP contribution in [0.4, 0.5) is 0 Å².